The van der Waals surface area contributed by atoms with E-state index in [2.05, 4.69) is 42.5 Å². The van der Waals surface area contributed by atoms with Crippen molar-refractivity contribution in [1.29, 1.82) is 0 Å². The number of fused-ring (bicyclic) bond motifs is 2. The highest BCUT2D eigenvalue weighted by Crippen LogP contribution is 2.34. The summed E-state index contributed by atoms with van der Waals surface area (Å²) in [6.45, 7) is 3.56. The molecule has 4 aliphatic heterocycles. The molecule has 4 heterocycles. The molecule has 6 aromatic rings. The molecule has 4 saturated heterocycles. The molecular formula is C68H78N12O9. The minimum absolute atomic E-state index is 0.140. The summed E-state index contributed by atoms with van der Waals surface area (Å²) in [4.78, 5) is 119. The quantitative estimate of drug-likeness (QED) is 0.0451. The molecule has 0 radical (unpaired) electrons. The van der Waals surface area contributed by atoms with Crippen LogP contribution in [-0.2, 0) is 28.8 Å². The lowest BCUT2D eigenvalue weighted by Gasteiger charge is -2.39. The number of urea groups is 2. The Bertz CT molecular complexity index is 3130. The van der Waals surface area contributed by atoms with Crippen LogP contribution in [-0.4, -0.2) is 156 Å². The van der Waals surface area contributed by atoms with E-state index in [1.54, 1.807) is 86.3 Å². The van der Waals surface area contributed by atoms with Gasteiger partial charge in [-0.15, -0.1) is 0 Å². The molecule has 8 N–H and O–H groups in total. The van der Waals surface area contributed by atoms with Crippen molar-refractivity contribution in [2.45, 2.75) is 113 Å². The Morgan fingerprint density at radius 2 is 0.764 bits per heavy atom. The summed E-state index contributed by atoms with van der Waals surface area (Å²) in [5.74, 6) is -1.42. The van der Waals surface area contributed by atoms with Crippen molar-refractivity contribution in [3.05, 3.63) is 192 Å². The number of amides is 10. The van der Waals surface area contributed by atoms with Gasteiger partial charge < -0.3 is 66.9 Å². The third kappa shape index (κ3) is 15.0. The minimum atomic E-state index is -1.15. The number of nitrogens with zero attached hydrogens (tertiary/aromatic N) is 4. The molecule has 0 spiro atoms. The van der Waals surface area contributed by atoms with E-state index >= 15 is 0 Å². The van der Waals surface area contributed by atoms with E-state index in [4.69, 9.17) is 4.74 Å². The van der Waals surface area contributed by atoms with E-state index in [0.29, 0.717) is 61.4 Å². The van der Waals surface area contributed by atoms with E-state index in [-0.39, 0.29) is 50.1 Å². The Balaban J connectivity index is 0.756. The van der Waals surface area contributed by atoms with E-state index < -0.39 is 84.0 Å². The first-order chi connectivity index (χ1) is 43.2. The first kappa shape index (κ1) is 62.5. The Morgan fingerprint density at radius 3 is 1.08 bits per heavy atom. The molecule has 8 atom stereocenters. The van der Waals surface area contributed by atoms with Gasteiger partial charge >= 0.3 is 12.1 Å². The van der Waals surface area contributed by atoms with E-state index in [1.165, 1.54) is 9.80 Å². The Hall–Kier alpha value is -9.60. The number of anilines is 2. The standard InChI is InChI=1S/C68H78N12O9/c1-43(69-3)61(81)73-55-41-77(39-37-51-29-35-57(79(51)65(55)85)63(83)75-59(45-17-9-5-10-18-45)46-19-11-6-12-20-46)67(87)71-49-25-31-53(32-26-49)89-54-33-27-50(28-34-54)72-68(88)78-40-38-52-30-36-58(80(52)66(86)56(42-78)74-62(82)44(2)70-4)64(84)76-60(47-21-13-7-14-22-47)48-23-15-8-16-24-48/h5-28,31-34,43-44,51-52,55-60,69-70H,29-30,35-42H2,1-4H3,(H,71,87)(H,72,88)(H,73,81)(H,74,82)(H,75,83)(H,76,84)/t43-,44-,51+,52+,55-,56-,57-,58-/m0/s1. The topological polar surface area (TPSA) is 255 Å². The molecule has 0 aliphatic carbocycles. The predicted molar refractivity (Wildman–Crippen MR) is 337 cm³/mol. The normalized spacial score (nSPS) is 20.8. The van der Waals surface area contributed by atoms with Gasteiger partial charge in [-0.2, -0.15) is 0 Å². The number of carbonyl (C=O) groups excluding carboxylic acids is 8. The van der Waals surface area contributed by atoms with Gasteiger partial charge in [0.25, 0.3) is 0 Å². The second-order valence-corrected chi connectivity index (χ2v) is 23.1. The van der Waals surface area contributed by atoms with Gasteiger partial charge in [0, 0.05) is 36.5 Å². The zero-order valence-electron chi connectivity index (χ0n) is 50.5. The van der Waals surface area contributed by atoms with Crippen LogP contribution in [0.2, 0.25) is 0 Å². The Morgan fingerprint density at radius 1 is 0.438 bits per heavy atom. The van der Waals surface area contributed by atoms with Gasteiger partial charge in [-0.1, -0.05) is 121 Å². The molecule has 10 rings (SSSR count). The largest absolute Gasteiger partial charge is 0.457 e. The van der Waals surface area contributed by atoms with Crippen LogP contribution in [0.15, 0.2) is 170 Å². The fraction of sp³-hybridized carbons (Fsp3) is 0.353. The summed E-state index contributed by atoms with van der Waals surface area (Å²) in [5.41, 5.74) is 4.49. The van der Waals surface area contributed by atoms with E-state index in [0.717, 1.165) is 22.3 Å². The highest BCUT2D eigenvalue weighted by atomic mass is 16.5. The van der Waals surface area contributed by atoms with Crippen LogP contribution in [0.5, 0.6) is 11.5 Å². The first-order valence-electron chi connectivity index (χ1n) is 30.6. The van der Waals surface area contributed by atoms with Crippen molar-refractivity contribution in [2.75, 3.05) is 50.9 Å². The van der Waals surface area contributed by atoms with Crippen LogP contribution in [0.4, 0.5) is 21.0 Å². The molecule has 21 heteroatoms. The minimum Gasteiger partial charge on any atom is -0.457 e. The van der Waals surface area contributed by atoms with Crippen molar-refractivity contribution < 1.29 is 43.1 Å². The highest BCUT2D eigenvalue weighted by molar-refractivity contribution is 5.97. The third-order valence-corrected chi connectivity index (χ3v) is 17.4. The second kappa shape index (κ2) is 28.9. The second-order valence-electron chi connectivity index (χ2n) is 23.1. The number of rotatable bonds is 18. The summed E-state index contributed by atoms with van der Waals surface area (Å²) in [6, 6.07) is 44.3. The van der Waals surface area contributed by atoms with Gasteiger partial charge in [0.2, 0.25) is 35.4 Å². The maximum Gasteiger partial charge on any atom is 0.321 e. The van der Waals surface area contributed by atoms with Gasteiger partial charge in [0.1, 0.15) is 35.7 Å². The zero-order chi connectivity index (χ0) is 62.6. The molecule has 464 valence electrons. The van der Waals surface area contributed by atoms with Crippen LogP contribution in [0.3, 0.4) is 0 Å². The van der Waals surface area contributed by atoms with Crippen LogP contribution < -0.4 is 47.3 Å². The van der Waals surface area contributed by atoms with Gasteiger partial charge in [0.05, 0.1) is 37.3 Å². The third-order valence-electron chi connectivity index (χ3n) is 17.4. The lowest BCUT2D eigenvalue weighted by atomic mass is 9.98. The predicted octanol–water partition coefficient (Wildman–Crippen LogP) is 6.67. The molecule has 4 aliphatic rings. The highest BCUT2D eigenvalue weighted by Gasteiger charge is 2.48. The summed E-state index contributed by atoms with van der Waals surface area (Å²) in [7, 11) is 3.28. The van der Waals surface area contributed by atoms with Crippen molar-refractivity contribution in [3.8, 4) is 11.5 Å². The fourth-order valence-electron chi connectivity index (χ4n) is 12.2. The lowest BCUT2D eigenvalue weighted by molar-refractivity contribution is -0.144. The van der Waals surface area contributed by atoms with Gasteiger partial charge in [0.15, 0.2) is 0 Å². The van der Waals surface area contributed by atoms with Crippen LogP contribution in [0.1, 0.15) is 86.7 Å². The smallest absolute Gasteiger partial charge is 0.321 e. The average Bonchev–Trinajstić information content (AvgIpc) is 1.97. The van der Waals surface area contributed by atoms with Crippen molar-refractivity contribution in [1.82, 2.24) is 51.5 Å². The zero-order valence-corrected chi connectivity index (χ0v) is 50.5. The lowest BCUT2D eigenvalue weighted by Crippen LogP contribution is -2.62. The number of hydrogen-bond acceptors (Lipinski definition) is 11. The monoisotopic (exact) mass is 1210 g/mol. The van der Waals surface area contributed by atoms with E-state index in [9.17, 15) is 38.4 Å². The summed E-state index contributed by atoms with van der Waals surface area (Å²) in [5, 5.41) is 23.9. The molecule has 0 unspecified atom stereocenters. The van der Waals surface area contributed by atoms with Gasteiger partial charge in [-0.3, -0.25) is 28.8 Å². The summed E-state index contributed by atoms with van der Waals surface area (Å²) < 4.78 is 6.16. The molecule has 89 heavy (non-hydrogen) atoms. The van der Waals surface area contributed by atoms with Gasteiger partial charge in [-0.05, 0) is 137 Å². The molecule has 4 fully saturated rings. The molecule has 21 nitrogen and oxygen atoms in total. The number of carbonyl (C=O) groups is 8. The number of ether oxygens (including phenoxy) is 1. The molecule has 0 saturated carbocycles. The van der Waals surface area contributed by atoms with E-state index in [1.807, 2.05) is 121 Å². The number of hydrogen-bond donors (Lipinski definition) is 8. The fourth-order valence-corrected chi connectivity index (χ4v) is 12.2. The Kier molecular flexibility index (Phi) is 20.3. The number of benzene rings is 6. The number of likely N-dealkylation sites (N-methyl/N-ethyl adjacent to an activating group) is 2. The van der Waals surface area contributed by atoms with Crippen molar-refractivity contribution >= 4 is 58.9 Å². The first-order valence-corrected chi connectivity index (χ1v) is 30.6. The molecule has 6 aromatic carbocycles. The van der Waals surface area contributed by atoms with Gasteiger partial charge in [-0.25, -0.2) is 9.59 Å². The van der Waals surface area contributed by atoms with Crippen LogP contribution in [0, 0.1) is 0 Å². The molecular weight excluding hydrogens is 1130 g/mol. The maximum absolute atomic E-state index is 14.7. The average molecular weight is 1210 g/mol. The maximum atomic E-state index is 14.7. The van der Waals surface area contributed by atoms with Crippen molar-refractivity contribution in [2.24, 2.45) is 0 Å². The van der Waals surface area contributed by atoms with Crippen LogP contribution in [0.25, 0.3) is 0 Å². The summed E-state index contributed by atoms with van der Waals surface area (Å²) >= 11 is 0. The Labute approximate surface area is 518 Å². The molecule has 10 amide bonds. The SMILES string of the molecule is CN[C@@H](C)C(=O)N[C@H]1CN(C(=O)Nc2ccc(Oc3ccc(NC(=O)N4CC[C@H]5CC[C@@H](C(=O)NC(c6ccccc6)c6ccccc6)N5C(=O)[C@@H](NC(=O)[C@H](C)NC)C4)cc3)cc2)CC[C@H]2CC[C@@H](C(=O)NC(c3ccccc3)c3ccccc3)N2C1=O. The van der Waals surface area contributed by atoms with Crippen LogP contribution >= 0.6 is 0 Å². The van der Waals surface area contributed by atoms with Crippen molar-refractivity contribution in [3.63, 3.8) is 0 Å². The number of nitrogens with one attached hydrogen (secondary N) is 8. The molecule has 0 aromatic heterocycles. The summed E-state index contributed by atoms with van der Waals surface area (Å²) in [6.07, 6.45) is 2.72. The molecule has 0 bridgehead atoms.